The lowest BCUT2D eigenvalue weighted by Crippen LogP contribution is -2.38. The molecule has 5 saturated heterocycles. The van der Waals surface area contributed by atoms with Gasteiger partial charge in [-0.05, 0) is 67.0 Å². The van der Waals surface area contributed by atoms with Crippen LogP contribution in [0.25, 0.3) is 0 Å². The van der Waals surface area contributed by atoms with Gasteiger partial charge < -0.3 is 36.1 Å². The Morgan fingerprint density at radius 3 is 1.34 bits per heavy atom. The van der Waals surface area contributed by atoms with Crippen molar-refractivity contribution >= 4 is 23.5 Å². The fourth-order valence-corrected chi connectivity index (χ4v) is 5.59. The monoisotopic (exact) mass is 535 g/mol. The van der Waals surface area contributed by atoms with Gasteiger partial charge in [-0.15, -0.1) is 0 Å². The van der Waals surface area contributed by atoms with Gasteiger partial charge in [0.25, 0.3) is 0 Å². The molecule has 210 valence electrons. The van der Waals surface area contributed by atoms with Gasteiger partial charge in [-0.1, -0.05) is 0 Å². The third-order valence-corrected chi connectivity index (χ3v) is 8.41. The normalized spacial score (nSPS) is 33.0. The lowest BCUT2D eigenvalue weighted by Gasteiger charge is -2.19. The van der Waals surface area contributed by atoms with Gasteiger partial charge in [-0.25, -0.2) is 0 Å². The summed E-state index contributed by atoms with van der Waals surface area (Å²) in [6.07, 6.45) is 3.91. The van der Waals surface area contributed by atoms with E-state index in [0.717, 1.165) is 64.1 Å². The topological polar surface area (TPSA) is 78.6 Å². The average molecular weight is 536 g/mol. The molecular formula is C26H57N5O2S2. The molecule has 5 heterocycles. The molecule has 0 aliphatic carbocycles. The molecule has 0 aromatic rings. The Hall–Kier alpha value is 0.420. The highest BCUT2D eigenvalue weighted by atomic mass is 32.2. The molecule has 5 N–H and O–H groups in total. The maximum Gasteiger partial charge on any atom is 0.0617 e. The van der Waals surface area contributed by atoms with E-state index >= 15 is 0 Å². The van der Waals surface area contributed by atoms with Crippen LogP contribution in [-0.4, -0.2) is 112 Å². The quantitative estimate of drug-likeness (QED) is 0.322. The Labute approximate surface area is 225 Å². The minimum absolute atomic E-state index is 0.553. The lowest BCUT2D eigenvalue weighted by atomic mass is 10.3. The third-order valence-electron chi connectivity index (χ3n) is 5.95. The molecule has 0 unspecified atom stereocenters. The fourth-order valence-electron chi connectivity index (χ4n) is 3.79. The molecule has 0 bridgehead atoms. The summed E-state index contributed by atoms with van der Waals surface area (Å²) in [6, 6.07) is 3.41. The molecule has 9 heteroatoms. The van der Waals surface area contributed by atoms with E-state index in [0.29, 0.717) is 12.1 Å². The Morgan fingerprint density at radius 2 is 1.00 bits per heavy atom. The number of morpholine rings is 1. The molecule has 7 nitrogen and oxygen atoms in total. The summed E-state index contributed by atoms with van der Waals surface area (Å²) in [5.41, 5.74) is 0. The first kappa shape index (κ1) is 33.4. The fraction of sp³-hybridized carbons (Fsp3) is 1.00. The van der Waals surface area contributed by atoms with Crippen LogP contribution in [0.3, 0.4) is 0 Å². The molecule has 5 fully saturated rings. The second-order valence-corrected chi connectivity index (χ2v) is 12.4. The van der Waals surface area contributed by atoms with E-state index < -0.39 is 0 Å². The van der Waals surface area contributed by atoms with Gasteiger partial charge in [-0.3, -0.25) is 0 Å². The third kappa shape index (κ3) is 22.1. The minimum atomic E-state index is 0.553. The summed E-state index contributed by atoms with van der Waals surface area (Å²) in [5.74, 6) is 5.18. The Kier molecular flexibility index (Phi) is 22.5. The van der Waals surface area contributed by atoms with Gasteiger partial charge >= 0.3 is 0 Å². The minimum Gasteiger partial charge on any atom is -0.380 e. The SMILES string of the molecule is C[C@H]1CCCN1.C[C@H]1COCCCN1.C[C@H]1COCCN1.C[C@H]1CSCCN1.C[C@H]1CSCCN1. The van der Waals surface area contributed by atoms with Crippen molar-refractivity contribution in [1.82, 2.24) is 26.6 Å². The Bertz CT molecular complexity index is 397. The summed E-state index contributed by atoms with van der Waals surface area (Å²) in [4.78, 5) is 0. The molecule has 35 heavy (non-hydrogen) atoms. The van der Waals surface area contributed by atoms with E-state index in [2.05, 4.69) is 61.2 Å². The molecule has 5 rings (SSSR count). The number of hydrogen-bond acceptors (Lipinski definition) is 9. The van der Waals surface area contributed by atoms with E-state index in [1.807, 2.05) is 23.5 Å². The summed E-state index contributed by atoms with van der Waals surface area (Å²) < 4.78 is 10.4. The highest BCUT2D eigenvalue weighted by Crippen LogP contribution is 2.06. The number of rotatable bonds is 0. The van der Waals surface area contributed by atoms with Crippen molar-refractivity contribution in [3.05, 3.63) is 0 Å². The zero-order valence-corrected chi connectivity index (χ0v) is 25.0. The summed E-state index contributed by atoms with van der Waals surface area (Å²) in [5, 5.41) is 16.6. The molecule has 0 amide bonds. The first-order chi connectivity index (χ1) is 17.0. The first-order valence-electron chi connectivity index (χ1n) is 13.9. The largest absolute Gasteiger partial charge is 0.380 e. The van der Waals surface area contributed by atoms with Gasteiger partial charge in [0.1, 0.15) is 0 Å². The highest BCUT2D eigenvalue weighted by molar-refractivity contribution is 7.99. The second kappa shape index (κ2) is 23.5. The second-order valence-electron chi connectivity index (χ2n) is 10.1. The maximum absolute atomic E-state index is 5.24. The van der Waals surface area contributed by atoms with Crippen LogP contribution < -0.4 is 26.6 Å². The van der Waals surface area contributed by atoms with Crippen LogP contribution in [0, 0.1) is 0 Å². The van der Waals surface area contributed by atoms with Gasteiger partial charge in [0, 0.05) is 79.5 Å². The molecular weight excluding hydrogens is 478 g/mol. The standard InChI is InChI=1S/C6H13NO.C5H11NO.2C5H11NS.C5H11N/c1-6-5-8-4-2-3-7-6;3*1-5-4-7-3-2-6-5;1-5-3-2-4-6-5/h6-7H,2-5H2,1H3;3*5-6H,2-4H2,1H3;5-6H,2-4H2,1H3/t6-;4*5-/m00000/s1. The van der Waals surface area contributed by atoms with E-state index in [4.69, 9.17) is 9.47 Å². The van der Waals surface area contributed by atoms with Crippen LogP contribution in [0.15, 0.2) is 0 Å². The average Bonchev–Trinajstić information content (AvgIpc) is 3.22. The van der Waals surface area contributed by atoms with E-state index in [1.165, 1.54) is 55.5 Å². The van der Waals surface area contributed by atoms with Crippen LogP contribution in [0.1, 0.15) is 53.9 Å². The van der Waals surface area contributed by atoms with Gasteiger partial charge in [-0.2, -0.15) is 23.5 Å². The van der Waals surface area contributed by atoms with Crippen molar-refractivity contribution in [2.45, 2.75) is 84.1 Å². The van der Waals surface area contributed by atoms with Crippen molar-refractivity contribution < 1.29 is 9.47 Å². The molecule has 0 spiro atoms. The number of hydrogen-bond donors (Lipinski definition) is 5. The maximum atomic E-state index is 5.24. The van der Waals surface area contributed by atoms with Crippen LogP contribution in [0.5, 0.6) is 0 Å². The van der Waals surface area contributed by atoms with Crippen LogP contribution in [0.4, 0.5) is 0 Å². The van der Waals surface area contributed by atoms with Crippen LogP contribution >= 0.6 is 23.5 Å². The molecule has 0 saturated carbocycles. The molecule has 0 aromatic heterocycles. The Morgan fingerprint density at radius 1 is 0.514 bits per heavy atom. The molecule has 0 radical (unpaired) electrons. The van der Waals surface area contributed by atoms with Crippen molar-refractivity contribution in [1.29, 1.82) is 0 Å². The number of nitrogens with one attached hydrogen (secondary N) is 5. The van der Waals surface area contributed by atoms with Crippen LogP contribution in [0.2, 0.25) is 0 Å². The highest BCUT2D eigenvalue weighted by Gasteiger charge is 2.07. The predicted molar refractivity (Wildman–Crippen MR) is 157 cm³/mol. The molecule has 5 aliphatic rings. The zero-order chi connectivity index (χ0) is 25.6. The van der Waals surface area contributed by atoms with E-state index in [-0.39, 0.29) is 0 Å². The molecule has 5 aliphatic heterocycles. The van der Waals surface area contributed by atoms with Crippen molar-refractivity contribution in [2.75, 3.05) is 82.2 Å². The summed E-state index contributed by atoms with van der Waals surface area (Å²) in [7, 11) is 0. The molecule has 5 atom stereocenters. The van der Waals surface area contributed by atoms with Crippen molar-refractivity contribution in [3.63, 3.8) is 0 Å². The van der Waals surface area contributed by atoms with Crippen LogP contribution in [-0.2, 0) is 9.47 Å². The van der Waals surface area contributed by atoms with Crippen molar-refractivity contribution in [3.8, 4) is 0 Å². The van der Waals surface area contributed by atoms with E-state index in [9.17, 15) is 0 Å². The predicted octanol–water partition coefficient (Wildman–Crippen LogP) is 2.56. The lowest BCUT2D eigenvalue weighted by molar-refractivity contribution is 0.0824. The van der Waals surface area contributed by atoms with Crippen molar-refractivity contribution in [2.24, 2.45) is 0 Å². The van der Waals surface area contributed by atoms with Gasteiger partial charge in [0.15, 0.2) is 0 Å². The summed E-state index contributed by atoms with van der Waals surface area (Å²) in [6.45, 7) is 20.3. The molecule has 0 aromatic carbocycles. The number of thioether (sulfide) groups is 2. The van der Waals surface area contributed by atoms with Gasteiger partial charge in [0.2, 0.25) is 0 Å². The van der Waals surface area contributed by atoms with E-state index in [1.54, 1.807) is 0 Å². The Balaban J connectivity index is 0.000000219. The number of ether oxygens (including phenoxy) is 2. The summed E-state index contributed by atoms with van der Waals surface area (Å²) >= 11 is 4.08. The van der Waals surface area contributed by atoms with Gasteiger partial charge in [0.05, 0.1) is 19.8 Å². The first-order valence-corrected chi connectivity index (χ1v) is 16.3. The smallest absolute Gasteiger partial charge is 0.0617 e. The zero-order valence-electron chi connectivity index (χ0n) is 23.3.